The molecular formula is C45H39N3O3. The van der Waals surface area contributed by atoms with E-state index in [0.717, 1.165) is 38.4 Å². The van der Waals surface area contributed by atoms with Crippen LogP contribution < -0.4 is 10.8 Å². The summed E-state index contributed by atoms with van der Waals surface area (Å²) in [6, 6.07) is 58.8. The van der Waals surface area contributed by atoms with Crippen molar-refractivity contribution in [1.82, 2.24) is 9.55 Å². The van der Waals surface area contributed by atoms with E-state index in [0.29, 0.717) is 6.42 Å². The summed E-state index contributed by atoms with van der Waals surface area (Å²) in [6.45, 7) is 2.12. The van der Waals surface area contributed by atoms with Gasteiger partial charge in [0.1, 0.15) is 5.54 Å². The standard InChI is InChI=1S/C45H39N3O3/c1-2-33-47(51)41-40(44(34-21-9-3-10-22-34,35-23-11-4-12-24-35)36-25-13-5-14-26-36)42(49)48(43(50)46-41)45(37-27-15-6-16-28-37,38-29-17-7-18-30-38)39-31-19-8-20-32-39/h3-32,49,51H,2,33H2,1H3. The zero-order valence-corrected chi connectivity index (χ0v) is 28.4. The molecular weight excluding hydrogens is 631 g/mol. The molecule has 7 aromatic rings. The van der Waals surface area contributed by atoms with Crippen molar-refractivity contribution in [3.63, 3.8) is 0 Å². The van der Waals surface area contributed by atoms with Gasteiger partial charge in [0.05, 0.1) is 11.0 Å². The molecule has 0 saturated heterocycles. The Bertz CT molecular complexity index is 2050. The molecule has 6 heteroatoms. The molecule has 0 bridgehead atoms. The van der Waals surface area contributed by atoms with Gasteiger partial charge in [-0.15, -0.1) is 0 Å². The molecule has 0 aliphatic rings. The summed E-state index contributed by atoms with van der Waals surface area (Å²) in [5.41, 5.74) is 1.62. The van der Waals surface area contributed by atoms with Gasteiger partial charge < -0.3 is 5.11 Å². The van der Waals surface area contributed by atoms with Crippen LogP contribution in [-0.2, 0) is 11.0 Å². The van der Waals surface area contributed by atoms with Crippen LogP contribution in [0, 0.1) is 0 Å². The molecule has 2 N–H and O–H groups in total. The van der Waals surface area contributed by atoms with Gasteiger partial charge in [0.2, 0.25) is 5.88 Å². The number of hydroxylamine groups is 1. The first-order valence-corrected chi connectivity index (χ1v) is 17.2. The van der Waals surface area contributed by atoms with Crippen molar-refractivity contribution in [2.75, 3.05) is 11.6 Å². The molecule has 0 radical (unpaired) electrons. The van der Waals surface area contributed by atoms with Crippen LogP contribution >= 0.6 is 0 Å². The number of rotatable bonds is 11. The van der Waals surface area contributed by atoms with Gasteiger partial charge in [0.15, 0.2) is 5.82 Å². The summed E-state index contributed by atoms with van der Waals surface area (Å²) < 4.78 is 1.41. The molecule has 0 aliphatic heterocycles. The van der Waals surface area contributed by atoms with Gasteiger partial charge in [-0.1, -0.05) is 189 Å². The molecule has 0 spiro atoms. The predicted molar refractivity (Wildman–Crippen MR) is 203 cm³/mol. The van der Waals surface area contributed by atoms with Crippen LogP contribution in [-0.4, -0.2) is 26.4 Å². The third kappa shape index (κ3) is 5.60. The maximum Gasteiger partial charge on any atom is 0.353 e. The smallest absolute Gasteiger partial charge is 0.353 e. The Morgan fingerprint density at radius 3 is 1.18 bits per heavy atom. The molecule has 0 atom stereocenters. The Kier molecular flexibility index (Phi) is 9.34. The second-order valence-corrected chi connectivity index (χ2v) is 12.5. The van der Waals surface area contributed by atoms with E-state index in [1.807, 2.05) is 189 Å². The first kappa shape index (κ1) is 33.3. The van der Waals surface area contributed by atoms with Crippen molar-refractivity contribution in [2.24, 2.45) is 0 Å². The third-order valence-corrected chi connectivity index (χ3v) is 9.64. The van der Waals surface area contributed by atoms with Crippen molar-refractivity contribution in [1.29, 1.82) is 0 Å². The summed E-state index contributed by atoms with van der Waals surface area (Å²) in [6.07, 6.45) is 0.568. The maximum absolute atomic E-state index is 15.0. The maximum atomic E-state index is 15.0. The van der Waals surface area contributed by atoms with Gasteiger partial charge in [0, 0.05) is 6.54 Å². The zero-order chi connectivity index (χ0) is 35.3. The number of hydrogen-bond acceptors (Lipinski definition) is 5. The lowest BCUT2D eigenvalue weighted by Gasteiger charge is -2.42. The topological polar surface area (TPSA) is 78.6 Å². The lowest BCUT2D eigenvalue weighted by atomic mass is 9.65. The molecule has 51 heavy (non-hydrogen) atoms. The summed E-state index contributed by atoms with van der Waals surface area (Å²) in [4.78, 5) is 19.7. The highest BCUT2D eigenvalue weighted by atomic mass is 16.5. The summed E-state index contributed by atoms with van der Waals surface area (Å²) >= 11 is 0. The first-order valence-electron chi connectivity index (χ1n) is 17.2. The highest BCUT2D eigenvalue weighted by molar-refractivity contribution is 5.70. The Labute approximate surface area is 298 Å². The number of nitrogens with zero attached hydrogens (tertiary/aromatic N) is 3. The normalized spacial score (nSPS) is 11.6. The van der Waals surface area contributed by atoms with Gasteiger partial charge in [-0.2, -0.15) is 4.98 Å². The second-order valence-electron chi connectivity index (χ2n) is 12.5. The molecule has 0 fully saturated rings. The van der Waals surface area contributed by atoms with E-state index in [1.165, 1.54) is 4.57 Å². The van der Waals surface area contributed by atoms with E-state index in [1.54, 1.807) is 0 Å². The van der Waals surface area contributed by atoms with Gasteiger partial charge in [-0.3, -0.25) is 5.21 Å². The van der Waals surface area contributed by atoms with Crippen molar-refractivity contribution >= 4 is 5.82 Å². The minimum Gasteiger partial charge on any atom is -0.494 e. The number of benzene rings is 6. The number of anilines is 1. The van der Waals surface area contributed by atoms with E-state index >= 15 is 0 Å². The van der Waals surface area contributed by atoms with E-state index < -0.39 is 16.6 Å². The van der Waals surface area contributed by atoms with Gasteiger partial charge >= 0.3 is 5.69 Å². The van der Waals surface area contributed by atoms with Crippen LogP contribution in [0.15, 0.2) is 187 Å². The fourth-order valence-electron chi connectivity index (χ4n) is 7.56. The average Bonchev–Trinajstić information content (AvgIpc) is 3.20. The molecule has 0 amide bonds. The fraction of sp³-hybridized carbons (Fsp3) is 0.111. The molecule has 0 aliphatic carbocycles. The molecule has 7 rings (SSSR count). The summed E-state index contributed by atoms with van der Waals surface area (Å²) in [5.74, 6) is -0.344. The van der Waals surface area contributed by atoms with Crippen LogP contribution in [0.25, 0.3) is 0 Å². The summed E-state index contributed by atoms with van der Waals surface area (Å²) in [7, 11) is 0. The lowest BCUT2D eigenvalue weighted by Crippen LogP contribution is -2.47. The molecule has 252 valence electrons. The van der Waals surface area contributed by atoms with E-state index in [9.17, 15) is 15.1 Å². The van der Waals surface area contributed by atoms with E-state index in [2.05, 4.69) is 0 Å². The van der Waals surface area contributed by atoms with Gasteiger partial charge in [-0.25, -0.2) is 14.4 Å². The Balaban J connectivity index is 1.76. The van der Waals surface area contributed by atoms with E-state index in [4.69, 9.17) is 4.98 Å². The Morgan fingerprint density at radius 2 is 0.863 bits per heavy atom. The highest BCUT2D eigenvalue weighted by Gasteiger charge is 2.49. The first-order chi connectivity index (χ1) is 25.0. The largest absolute Gasteiger partial charge is 0.494 e. The van der Waals surface area contributed by atoms with E-state index in [-0.39, 0.29) is 23.8 Å². The molecule has 1 aromatic heterocycles. The molecule has 6 nitrogen and oxygen atoms in total. The zero-order valence-electron chi connectivity index (χ0n) is 28.4. The van der Waals surface area contributed by atoms with Crippen LogP contribution in [0.4, 0.5) is 5.82 Å². The number of hydrogen-bond donors (Lipinski definition) is 2. The molecule has 6 aromatic carbocycles. The molecule has 0 saturated carbocycles. The average molecular weight is 670 g/mol. The summed E-state index contributed by atoms with van der Waals surface area (Å²) in [5, 5.41) is 26.2. The molecule has 0 unspecified atom stereocenters. The van der Waals surface area contributed by atoms with Crippen LogP contribution in [0.2, 0.25) is 0 Å². The minimum absolute atomic E-state index is 0.0183. The predicted octanol–water partition coefficient (Wildman–Crippen LogP) is 8.78. The van der Waals surface area contributed by atoms with Crippen molar-refractivity contribution < 1.29 is 10.3 Å². The quantitative estimate of drug-likeness (QED) is 0.106. The minimum atomic E-state index is -1.38. The highest BCUT2D eigenvalue weighted by Crippen LogP contribution is 2.52. The Morgan fingerprint density at radius 1 is 0.549 bits per heavy atom. The van der Waals surface area contributed by atoms with Crippen molar-refractivity contribution in [2.45, 2.75) is 24.3 Å². The van der Waals surface area contributed by atoms with Crippen LogP contribution in [0.1, 0.15) is 52.3 Å². The van der Waals surface area contributed by atoms with Crippen LogP contribution in [0.3, 0.4) is 0 Å². The third-order valence-electron chi connectivity index (χ3n) is 9.64. The SMILES string of the molecule is CCCN(O)c1nc(=O)n(C(c2ccccc2)(c2ccccc2)c2ccccc2)c(O)c1C(c1ccccc1)(c1ccccc1)c1ccccc1. The second kappa shape index (κ2) is 14.3. The molecule has 1 heterocycles. The van der Waals surface area contributed by atoms with Gasteiger partial charge in [0.25, 0.3) is 0 Å². The van der Waals surface area contributed by atoms with Crippen molar-refractivity contribution in [3.8, 4) is 5.88 Å². The lowest BCUT2D eigenvalue weighted by molar-refractivity contribution is 0.245. The van der Waals surface area contributed by atoms with Crippen LogP contribution in [0.5, 0.6) is 5.88 Å². The van der Waals surface area contributed by atoms with Gasteiger partial charge in [-0.05, 0) is 39.8 Å². The Hall–Kier alpha value is -6.24. The van der Waals surface area contributed by atoms with Crippen molar-refractivity contribution in [3.05, 3.63) is 231 Å². The number of aromatic hydroxyl groups is 1. The monoisotopic (exact) mass is 669 g/mol. The number of aromatic nitrogens is 2. The fourth-order valence-corrected chi connectivity index (χ4v) is 7.56.